The Morgan fingerprint density at radius 1 is 0.429 bits per heavy atom. The van der Waals surface area contributed by atoms with E-state index in [0.717, 1.165) is 0 Å². The van der Waals surface area contributed by atoms with Crippen molar-refractivity contribution < 1.29 is 28.8 Å². The lowest BCUT2D eigenvalue weighted by atomic mass is 9.85. The zero-order valence-corrected chi connectivity index (χ0v) is 22.7. The molecule has 42 heavy (non-hydrogen) atoms. The molecule has 8 nitrogen and oxygen atoms in total. The summed E-state index contributed by atoms with van der Waals surface area (Å²) in [5, 5.41) is 17.2. The van der Waals surface area contributed by atoms with Crippen LogP contribution in [0.1, 0.15) is 62.1 Å². The molecular weight excluding hydrogens is 579 g/mol. The molecule has 6 rings (SSSR count). The van der Waals surface area contributed by atoms with Crippen LogP contribution in [0.15, 0.2) is 106 Å². The third-order valence-electron chi connectivity index (χ3n) is 6.20. The van der Waals surface area contributed by atoms with Crippen LogP contribution in [-0.2, 0) is 0 Å². The first-order valence-electron chi connectivity index (χ1n) is 11.9. The number of hydrogen-bond donors (Lipinski definition) is 0. The van der Waals surface area contributed by atoms with Crippen molar-refractivity contribution in [3.8, 4) is 12.1 Å². The molecule has 3 aromatic carbocycles. The lowest BCUT2D eigenvalue weighted by Gasteiger charge is -2.12. The van der Waals surface area contributed by atoms with Gasteiger partial charge in [-0.3, -0.25) is 28.8 Å². The van der Waals surface area contributed by atoms with Gasteiger partial charge >= 0.3 is 0 Å². The zero-order chi connectivity index (χ0) is 30.6. The molecule has 0 saturated heterocycles. The van der Waals surface area contributed by atoms with E-state index in [0.29, 0.717) is 22.3 Å². The van der Waals surface area contributed by atoms with Gasteiger partial charge in [0.25, 0.3) is 0 Å². The Bertz CT molecular complexity index is 1800. The number of hydrogen-bond acceptors (Lipinski definition) is 8. The average Bonchev–Trinajstić information content (AvgIpc) is 3.03. The molecule has 0 fully saturated rings. The van der Waals surface area contributed by atoms with Crippen LogP contribution in [0.5, 0.6) is 0 Å². The molecule has 3 aromatic rings. The van der Waals surface area contributed by atoms with Crippen LogP contribution in [0.4, 0.5) is 0 Å². The fraction of sp³-hybridized carbons (Fsp3) is 0. The van der Waals surface area contributed by atoms with Gasteiger partial charge in [0, 0.05) is 33.4 Å². The fourth-order valence-electron chi connectivity index (χ4n) is 4.15. The minimum absolute atomic E-state index is 0.0924. The van der Waals surface area contributed by atoms with Crippen molar-refractivity contribution >= 4 is 57.9 Å². The molecule has 0 aromatic heterocycles. The second kappa shape index (κ2) is 12.3. The predicted octanol–water partition coefficient (Wildman–Crippen LogP) is 5.79. The Hall–Kier alpha value is -5.54. The largest absolute Gasteiger partial charge is 0.289 e. The maximum absolute atomic E-state index is 11.8. The third kappa shape index (κ3) is 5.41. The zero-order valence-electron chi connectivity index (χ0n) is 21.2. The molecule has 0 bridgehead atoms. The smallest absolute Gasteiger partial charge is 0.206 e. The Kier molecular flexibility index (Phi) is 8.64. The summed E-state index contributed by atoms with van der Waals surface area (Å²) in [5.41, 5.74) is 1.26. The van der Waals surface area contributed by atoms with Crippen molar-refractivity contribution in [1.82, 2.24) is 0 Å². The van der Waals surface area contributed by atoms with Gasteiger partial charge in [-0.2, -0.15) is 10.5 Å². The summed E-state index contributed by atoms with van der Waals surface area (Å²) < 4.78 is 0. The van der Waals surface area contributed by atoms with Gasteiger partial charge in [0.15, 0.2) is 11.6 Å². The van der Waals surface area contributed by atoms with E-state index >= 15 is 0 Å². The molecule has 0 spiro atoms. The predicted molar refractivity (Wildman–Crippen MR) is 151 cm³/mol. The van der Waals surface area contributed by atoms with Gasteiger partial charge in [-0.15, -0.1) is 0 Å². The number of nitrogens with zero attached hydrogens (tertiary/aromatic N) is 2. The van der Waals surface area contributed by atoms with Gasteiger partial charge in [0.1, 0.15) is 33.3 Å². The monoisotopic (exact) mass is 592 g/mol. The molecule has 10 heteroatoms. The number of allylic oxidation sites excluding steroid dienone is 6. The first-order valence-corrected chi connectivity index (χ1v) is 12.7. The highest BCUT2D eigenvalue weighted by Gasteiger charge is 2.32. The van der Waals surface area contributed by atoms with E-state index in [-0.39, 0.29) is 43.9 Å². The lowest BCUT2D eigenvalue weighted by molar-refractivity contribution is 0.0982. The Morgan fingerprint density at radius 2 is 0.690 bits per heavy atom. The van der Waals surface area contributed by atoms with Gasteiger partial charge in [-0.1, -0.05) is 96.0 Å². The highest BCUT2D eigenvalue weighted by molar-refractivity contribution is 6.59. The summed E-state index contributed by atoms with van der Waals surface area (Å²) in [5.74, 6) is -2.10. The van der Waals surface area contributed by atoms with E-state index in [1.807, 2.05) is 0 Å². The number of fused-ring (bicyclic) bond motifs is 3. The minimum atomic E-state index is -0.561. The summed E-state index contributed by atoms with van der Waals surface area (Å²) in [6, 6.07) is 22.7. The Morgan fingerprint density at radius 3 is 0.976 bits per heavy atom. The van der Waals surface area contributed by atoms with E-state index in [4.69, 9.17) is 33.7 Å². The van der Waals surface area contributed by atoms with Crippen molar-refractivity contribution in [2.45, 2.75) is 0 Å². The van der Waals surface area contributed by atoms with Crippen molar-refractivity contribution in [2.24, 2.45) is 0 Å². The highest BCUT2D eigenvalue weighted by atomic mass is 35.5. The Labute approximate surface area is 248 Å². The SMILES string of the molecule is N#CC1=C(C#N)C(=O)c2ccccc2C1=O.O=C1C(Cl)=C(Cl)C(=O)c2ccccc21.O=C1C=CC(=O)c2ccccc21. The van der Waals surface area contributed by atoms with Crippen LogP contribution in [0.2, 0.25) is 0 Å². The molecule has 0 radical (unpaired) electrons. The number of Topliss-reactive ketones (excluding diaryl/α,β-unsaturated/α-hetero) is 4. The maximum atomic E-state index is 11.8. The molecule has 0 aliphatic heterocycles. The van der Waals surface area contributed by atoms with Gasteiger partial charge in [-0.05, 0) is 12.2 Å². The van der Waals surface area contributed by atoms with Crippen LogP contribution in [0, 0.1) is 22.7 Å². The number of carbonyl (C=O) groups excluding carboxylic acids is 6. The molecule has 0 amide bonds. The van der Waals surface area contributed by atoms with E-state index in [1.54, 1.807) is 72.8 Å². The molecule has 0 saturated carbocycles. The van der Waals surface area contributed by atoms with Gasteiger partial charge in [0.2, 0.25) is 23.1 Å². The van der Waals surface area contributed by atoms with E-state index in [1.165, 1.54) is 24.3 Å². The number of halogens is 2. The average molecular weight is 593 g/mol. The molecule has 3 aliphatic rings. The summed E-state index contributed by atoms with van der Waals surface area (Å²) in [7, 11) is 0. The summed E-state index contributed by atoms with van der Waals surface area (Å²) >= 11 is 11.2. The van der Waals surface area contributed by atoms with Crippen molar-refractivity contribution in [2.75, 3.05) is 0 Å². The molecular formula is C32H14Cl2N2O6. The first-order chi connectivity index (χ1) is 20.1. The second-order valence-electron chi connectivity index (χ2n) is 8.62. The van der Waals surface area contributed by atoms with Crippen LogP contribution >= 0.6 is 23.2 Å². The topological polar surface area (TPSA) is 150 Å². The molecule has 0 unspecified atom stereocenters. The van der Waals surface area contributed by atoms with Crippen LogP contribution in [0.25, 0.3) is 0 Å². The number of rotatable bonds is 0. The summed E-state index contributed by atoms with van der Waals surface area (Å²) in [6.07, 6.45) is 2.62. The summed E-state index contributed by atoms with van der Waals surface area (Å²) in [4.78, 5) is 69.0. The standard InChI is InChI=1S/C12H4N2O2.C10H4Cl2O2.C10H6O2/c13-5-9-10(6-14)12(16)8-4-2-1-3-7(8)11(9)15;11-7-8(12)10(14)6-4-2-1-3-5(6)9(7)13;11-9-5-6-10(12)8-4-2-1-3-7(8)9/h1-4H;1-4H;1-6H. The van der Waals surface area contributed by atoms with E-state index < -0.39 is 23.1 Å². The molecule has 0 heterocycles. The van der Waals surface area contributed by atoms with Crippen LogP contribution in [-0.4, -0.2) is 34.7 Å². The van der Waals surface area contributed by atoms with Gasteiger partial charge in [-0.25, -0.2) is 0 Å². The number of ketones is 6. The number of carbonyl (C=O) groups is 6. The summed E-state index contributed by atoms with van der Waals surface area (Å²) in [6.45, 7) is 0. The third-order valence-corrected chi connectivity index (χ3v) is 7.01. The molecule has 0 atom stereocenters. The van der Waals surface area contributed by atoms with Crippen LogP contribution < -0.4 is 0 Å². The lowest BCUT2D eigenvalue weighted by Crippen LogP contribution is -2.20. The van der Waals surface area contributed by atoms with Gasteiger partial charge in [0.05, 0.1) is 0 Å². The van der Waals surface area contributed by atoms with E-state index in [9.17, 15) is 28.8 Å². The fourth-order valence-corrected chi connectivity index (χ4v) is 4.52. The van der Waals surface area contributed by atoms with Crippen molar-refractivity contribution in [3.63, 3.8) is 0 Å². The van der Waals surface area contributed by atoms with E-state index in [2.05, 4.69) is 0 Å². The molecule has 0 N–H and O–H groups in total. The molecule has 202 valence electrons. The maximum Gasteiger partial charge on any atom is 0.206 e. The first kappa shape index (κ1) is 29.4. The van der Waals surface area contributed by atoms with Crippen molar-refractivity contribution in [3.05, 3.63) is 140 Å². The normalized spacial score (nSPS) is 14.9. The number of benzene rings is 3. The van der Waals surface area contributed by atoms with Gasteiger partial charge < -0.3 is 0 Å². The second-order valence-corrected chi connectivity index (χ2v) is 9.37. The van der Waals surface area contributed by atoms with Crippen molar-refractivity contribution in [1.29, 1.82) is 10.5 Å². The highest BCUT2D eigenvalue weighted by Crippen LogP contribution is 2.30. The Balaban J connectivity index is 0.000000146. The number of nitriles is 2. The molecule has 3 aliphatic carbocycles. The van der Waals surface area contributed by atoms with Crippen LogP contribution in [0.3, 0.4) is 0 Å². The quantitative estimate of drug-likeness (QED) is 0.318. The minimum Gasteiger partial charge on any atom is -0.289 e.